The van der Waals surface area contributed by atoms with Crippen LogP contribution in [0.25, 0.3) is 6.08 Å². The fraction of sp³-hybridized carbons (Fsp3) is 0.375. The number of hydrogen-bond acceptors (Lipinski definition) is 3. The SMILES string of the molecule is CC(C)(C)[Si](C)(C)O[C@@H](/C=C/c1ccccc1)[C@H](C=O)OCc1ccccc1. The van der Waals surface area contributed by atoms with Crippen molar-refractivity contribution < 1.29 is 14.0 Å². The Morgan fingerprint density at radius 1 is 0.929 bits per heavy atom. The highest BCUT2D eigenvalue weighted by Crippen LogP contribution is 2.38. The number of carbonyl (C=O) groups excluding carboxylic acids is 1. The van der Waals surface area contributed by atoms with Gasteiger partial charge in [-0.05, 0) is 29.3 Å². The molecule has 0 aromatic heterocycles. The van der Waals surface area contributed by atoms with Crippen molar-refractivity contribution in [2.24, 2.45) is 0 Å². The van der Waals surface area contributed by atoms with Crippen LogP contribution in [-0.4, -0.2) is 26.8 Å². The number of aldehydes is 1. The van der Waals surface area contributed by atoms with E-state index in [0.717, 1.165) is 17.4 Å². The highest BCUT2D eigenvalue weighted by atomic mass is 28.4. The summed E-state index contributed by atoms with van der Waals surface area (Å²) in [5, 5.41) is 0.0404. The molecule has 0 fully saturated rings. The van der Waals surface area contributed by atoms with Gasteiger partial charge >= 0.3 is 0 Å². The quantitative estimate of drug-likeness (QED) is 0.392. The maximum absolute atomic E-state index is 11.9. The third kappa shape index (κ3) is 6.55. The zero-order valence-electron chi connectivity index (χ0n) is 17.6. The Hall–Kier alpha value is -2.01. The predicted octanol–water partition coefficient (Wildman–Crippen LogP) is 5.87. The van der Waals surface area contributed by atoms with Crippen molar-refractivity contribution in [1.82, 2.24) is 0 Å². The molecule has 2 atom stereocenters. The Balaban J connectivity index is 2.21. The van der Waals surface area contributed by atoms with E-state index in [-0.39, 0.29) is 5.04 Å². The average molecular weight is 397 g/mol. The summed E-state index contributed by atoms with van der Waals surface area (Å²) in [5.41, 5.74) is 2.10. The molecule has 0 amide bonds. The van der Waals surface area contributed by atoms with Gasteiger partial charge in [-0.1, -0.05) is 93.6 Å². The van der Waals surface area contributed by atoms with Crippen molar-refractivity contribution >= 4 is 20.7 Å². The molecule has 2 rings (SSSR count). The first-order chi connectivity index (χ1) is 13.2. The van der Waals surface area contributed by atoms with Crippen molar-refractivity contribution in [3.63, 3.8) is 0 Å². The summed E-state index contributed by atoms with van der Waals surface area (Å²) in [6.45, 7) is 11.3. The summed E-state index contributed by atoms with van der Waals surface area (Å²) >= 11 is 0. The zero-order valence-corrected chi connectivity index (χ0v) is 18.6. The molecule has 0 N–H and O–H groups in total. The largest absolute Gasteiger partial charge is 0.407 e. The fourth-order valence-corrected chi connectivity index (χ4v) is 3.73. The van der Waals surface area contributed by atoms with Crippen molar-refractivity contribution in [2.45, 2.75) is 57.7 Å². The minimum Gasteiger partial charge on any atom is -0.407 e. The van der Waals surface area contributed by atoms with Crippen molar-refractivity contribution in [1.29, 1.82) is 0 Å². The minimum atomic E-state index is -2.08. The lowest BCUT2D eigenvalue weighted by Crippen LogP contribution is -2.47. The van der Waals surface area contributed by atoms with Gasteiger partial charge in [0.2, 0.25) is 0 Å². The molecule has 3 nitrogen and oxygen atoms in total. The second-order valence-electron chi connectivity index (χ2n) is 8.51. The summed E-state index contributed by atoms with van der Waals surface area (Å²) in [6, 6.07) is 19.9. The standard InChI is InChI=1S/C24H32O3Si/c1-24(2,3)28(4,5)27-22(17-16-20-12-8-6-9-13-20)23(18-25)26-19-21-14-10-7-11-15-21/h6-18,22-23H,19H2,1-5H3/b17-16+/t22-,23-/m0/s1. The number of carbonyl (C=O) groups is 1. The van der Waals surface area contributed by atoms with Gasteiger partial charge in [-0.2, -0.15) is 0 Å². The van der Waals surface area contributed by atoms with E-state index in [2.05, 4.69) is 33.9 Å². The lowest BCUT2D eigenvalue weighted by molar-refractivity contribution is -0.123. The Morgan fingerprint density at radius 3 is 2.04 bits per heavy atom. The predicted molar refractivity (Wildman–Crippen MR) is 119 cm³/mol. The van der Waals surface area contributed by atoms with E-state index in [9.17, 15) is 4.79 Å². The highest BCUT2D eigenvalue weighted by molar-refractivity contribution is 6.74. The molecule has 2 aromatic carbocycles. The number of ether oxygens (including phenoxy) is 1. The molecular weight excluding hydrogens is 364 g/mol. The summed E-state index contributed by atoms with van der Waals surface area (Å²) in [6.07, 6.45) is 3.73. The van der Waals surface area contributed by atoms with Crippen molar-refractivity contribution in [3.05, 3.63) is 77.9 Å². The molecule has 0 radical (unpaired) electrons. The Bertz CT molecular complexity index is 748. The van der Waals surface area contributed by atoms with E-state index in [1.54, 1.807) is 0 Å². The second-order valence-corrected chi connectivity index (χ2v) is 13.3. The van der Waals surface area contributed by atoms with Gasteiger partial charge in [-0.25, -0.2) is 0 Å². The number of rotatable bonds is 9. The minimum absolute atomic E-state index is 0.0404. The van der Waals surface area contributed by atoms with Crippen LogP contribution in [0, 0.1) is 0 Å². The van der Waals surface area contributed by atoms with Crippen LogP contribution in [0.2, 0.25) is 18.1 Å². The first-order valence-corrected chi connectivity index (χ1v) is 12.7. The van der Waals surface area contributed by atoms with E-state index in [1.807, 2.05) is 72.8 Å². The molecule has 0 unspecified atom stereocenters. The van der Waals surface area contributed by atoms with Crippen LogP contribution in [0.4, 0.5) is 0 Å². The van der Waals surface area contributed by atoms with E-state index < -0.39 is 20.5 Å². The molecule has 28 heavy (non-hydrogen) atoms. The molecule has 0 heterocycles. The summed E-state index contributed by atoms with van der Waals surface area (Å²) in [4.78, 5) is 11.9. The van der Waals surface area contributed by atoms with Crippen LogP contribution in [0.5, 0.6) is 0 Å². The first kappa shape index (κ1) is 22.3. The van der Waals surface area contributed by atoms with Crippen LogP contribution in [0.3, 0.4) is 0 Å². The van der Waals surface area contributed by atoms with Crippen LogP contribution >= 0.6 is 0 Å². The van der Waals surface area contributed by atoms with Crippen LogP contribution in [0.1, 0.15) is 31.9 Å². The molecule has 0 saturated heterocycles. The van der Waals surface area contributed by atoms with E-state index in [4.69, 9.17) is 9.16 Å². The Kier molecular flexibility index (Phi) is 7.93. The molecule has 0 aliphatic rings. The van der Waals surface area contributed by atoms with Gasteiger partial charge < -0.3 is 14.0 Å². The molecule has 0 bridgehead atoms. The smallest absolute Gasteiger partial charge is 0.193 e. The maximum Gasteiger partial charge on any atom is 0.193 e. The zero-order chi connectivity index (χ0) is 20.6. The van der Waals surface area contributed by atoms with Gasteiger partial charge in [0.15, 0.2) is 14.6 Å². The molecular formula is C24H32O3Si. The molecule has 0 aliphatic carbocycles. The van der Waals surface area contributed by atoms with Crippen LogP contribution < -0.4 is 0 Å². The lowest BCUT2D eigenvalue weighted by Gasteiger charge is -2.39. The molecule has 2 aromatic rings. The van der Waals surface area contributed by atoms with Crippen LogP contribution in [-0.2, 0) is 20.6 Å². The summed E-state index contributed by atoms with van der Waals surface area (Å²) < 4.78 is 12.5. The molecule has 0 spiro atoms. The number of hydrogen-bond donors (Lipinski definition) is 0. The fourth-order valence-electron chi connectivity index (χ4n) is 2.48. The molecule has 0 aliphatic heterocycles. The third-order valence-corrected chi connectivity index (χ3v) is 9.73. The normalized spacial score (nSPS) is 14.8. The first-order valence-electron chi connectivity index (χ1n) is 9.75. The van der Waals surface area contributed by atoms with Gasteiger partial charge in [0.05, 0.1) is 12.7 Å². The van der Waals surface area contributed by atoms with Gasteiger partial charge in [0.1, 0.15) is 6.10 Å². The van der Waals surface area contributed by atoms with E-state index >= 15 is 0 Å². The highest BCUT2D eigenvalue weighted by Gasteiger charge is 2.40. The van der Waals surface area contributed by atoms with Crippen molar-refractivity contribution in [3.8, 4) is 0 Å². The molecule has 0 saturated carbocycles. The average Bonchev–Trinajstić information content (AvgIpc) is 2.67. The lowest BCUT2D eigenvalue weighted by atomic mass is 10.1. The van der Waals surface area contributed by atoms with Gasteiger partial charge in [-0.15, -0.1) is 0 Å². The van der Waals surface area contributed by atoms with Gasteiger partial charge in [0.25, 0.3) is 0 Å². The monoisotopic (exact) mass is 396 g/mol. The maximum atomic E-state index is 11.9. The number of benzene rings is 2. The van der Waals surface area contributed by atoms with E-state index in [1.165, 1.54) is 0 Å². The Morgan fingerprint density at radius 2 is 1.50 bits per heavy atom. The topological polar surface area (TPSA) is 35.5 Å². The molecule has 150 valence electrons. The Labute approximate surface area is 170 Å². The van der Waals surface area contributed by atoms with Crippen LogP contribution in [0.15, 0.2) is 66.7 Å². The second kappa shape index (κ2) is 9.96. The van der Waals surface area contributed by atoms with Gasteiger partial charge in [-0.3, -0.25) is 0 Å². The summed E-state index contributed by atoms with van der Waals surface area (Å²) in [5.74, 6) is 0. The molecule has 4 heteroatoms. The van der Waals surface area contributed by atoms with E-state index in [0.29, 0.717) is 6.61 Å². The third-order valence-electron chi connectivity index (χ3n) is 5.26. The van der Waals surface area contributed by atoms with Crippen molar-refractivity contribution in [2.75, 3.05) is 0 Å². The van der Waals surface area contributed by atoms with Gasteiger partial charge in [0, 0.05) is 0 Å². The summed E-state index contributed by atoms with van der Waals surface area (Å²) in [7, 11) is -2.08.